The molecule has 1 fully saturated rings. The van der Waals surface area contributed by atoms with E-state index in [1.807, 2.05) is 0 Å². The summed E-state index contributed by atoms with van der Waals surface area (Å²) in [5.74, 6) is -1.88. The zero-order valence-electron chi connectivity index (χ0n) is 16.7. The molecule has 0 aromatic heterocycles. The molecule has 8 nitrogen and oxygen atoms in total. The van der Waals surface area contributed by atoms with Crippen LogP contribution in [-0.4, -0.2) is 36.0 Å². The first-order valence-electron chi connectivity index (χ1n) is 9.29. The monoisotopic (exact) mass is 477 g/mol. The van der Waals surface area contributed by atoms with Crippen molar-refractivity contribution in [2.24, 2.45) is 0 Å². The number of carbonyl (C=O) groups excluding carboxylic acids is 3. The number of halogens is 2. The van der Waals surface area contributed by atoms with Crippen LogP contribution in [0.15, 0.2) is 42.0 Å². The number of rotatable bonds is 7. The largest absolute Gasteiger partial charge is 0.490 e. The van der Waals surface area contributed by atoms with E-state index in [4.69, 9.17) is 33.3 Å². The average Bonchev–Trinajstić information content (AvgIpc) is 2.72. The highest BCUT2D eigenvalue weighted by Gasteiger charge is 2.26. The molecular weight excluding hydrogens is 461 g/mol. The predicted molar refractivity (Wildman–Crippen MR) is 120 cm³/mol. The van der Waals surface area contributed by atoms with E-state index in [2.05, 4.69) is 16.0 Å². The lowest BCUT2D eigenvalue weighted by Gasteiger charge is -2.17. The fourth-order valence-electron chi connectivity index (χ4n) is 2.72. The highest BCUT2D eigenvalue weighted by atomic mass is 35.5. The Hall–Kier alpha value is -3.50. The van der Waals surface area contributed by atoms with E-state index < -0.39 is 23.5 Å². The van der Waals surface area contributed by atoms with Crippen LogP contribution < -0.4 is 25.4 Å². The SMILES string of the molecule is CCOc1cc(C=C2C(=O)NC(=S)NC2=O)cc(Cl)c1OCC(=O)Nc1ccc(F)cc1. The Kier molecular flexibility index (Phi) is 7.39. The van der Waals surface area contributed by atoms with Gasteiger partial charge in [-0.3, -0.25) is 25.0 Å². The molecule has 0 radical (unpaired) electrons. The van der Waals surface area contributed by atoms with Gasteiger partial charge < -0.3 is 14.8 Å². The van der Waals surface area contributed by atoms with Crippen molar-refractivity contribution in [1.29, 1.82) is 0 Å². The maximum absolute atomic E-state index is 13.0. The molecule has 32 heavy (non-hydrogen) atoms. The van der Waals surface area contributed by atoms with Gasteiger partial charge in [0.2, 0.25) is 0 Å². The number of benzene rings is 2. The lowest BCUT2D eigenvalue weighted by Crippen LogP contribution is -2.51. The average molecular weight is 478 g/mol. The second kappa shape index (κ2) is 10.2. The number of nitrogens with one attached hydrogen (secondary N) is 3. The summed E-state index contributed by atoms with van der Waals surface area (Å²) in [5.41, 5.74) is 0.640. The summed E-state index contributed by atoms with van der Waals surface area (Å²) in [7, 11) is 0. The van der Waals surface area contributed by atoms with Crippen molar-refractivity contribution in [3.8, 4) is 11.5 Å². The van der Waals surface area contributed by atoms with Crippen molar-refractivity contribution in [2.45, 2.75) is 6.92 Å². The van der Waals surface area contributed by atoms with Crippen LogP contribution in [0.2, 0.25) is 5.02 Å². The number of ether oxygens (including phenoxy) is 2. The van der Waals surface area contributed by atoms with Crippen LogP contribution in [0.5, 0.6) is 11.5 Å². The maximum atomic E-state index is 13.0. The summed E-state index contributed by atoms with van der Waals surface area (Å²) in [6.45, 7) is 1.62. The molecule has 2 aromatic rings. The van der Waals surface area contributed by atoms with E-state index in [0.29, 0.717) is 11.3 Å². The van der Waals surface area contributed by atoms with E-state index in [9.17, 15) is 18.8 Å². The fraction of sp³-hybridized carbons (Fsp3) is 0.143. The second-order valence-corrected chi connectivity index (χ2v) is 7.22. The molecular formula is C21H17ClFN3O5S. The number of hydrogen-bond acceptors (Lipinski definition) is 6. The van der Waals surface area contributed by atoms with Gasteiger partial charge in [-0.25, -0.2) is 4.39 Å². The number of anilines is 1. The molecule has 166 valence electrons. The summed E-state index contributed by atoms with van der Waals surface area (Å²) in [6.07, 6.45) is 1.33. The van der Waals surface area contributed by atoms with Crippen LogP contribution in [-0.2, 0) is 14.4 Å². The lowest BCUT2D eigenvalue weighted by molar-refractivity contribution is -0.123. The van der Waals surface area contributed by atoms with Gasteiger partial charge in [0, 0.05) is 5.69 Å². The van der Waals surface area contributed by atoms with E-state index in [0.717, 1.165) is 0 Å². The van der Waals surface area contributed by atoms with Gasteiger partial charge in [-0.1, -0.05) is 11.6 Å². The van der Waals surface area contributed by atoms with Gasteiger partial charge in [-0.05, 0) is 67.2 Å². The van der Waals surface area contributed by atoms with Gasteiger partial charge in [0.1, 0.15) is 11.4 Å². The molecule has 0 aliphatic carbocycles. The highest BCUT2D eigenvalue weighted by Crippen LogP contribution is 2.37. The van der Waals surface area contributed by atoms with Crippen LogP contribution in [0.25, 0.3) is 6.08 Å². The lowest BCUT2D eigenvalue weighted by atomic mass is 10.1. The predicted octanol–water partition coefficient (Wildman–Crippen LogP) is 2.81. The number of carbonyl (C=O) groups is 3. The third-order valence-electron chi connectivity index (χ3n) is 4.06. The van der Waals surface area contributed by atoms with E-state index in [1.54, 1.807) is 6.92 Å². The third-order valence-corrected chi connectivity index (χ3v) is 4.55. The van der Waals surface area contributed by atoms with Gasteiger partial charge >= 0.3 is 0 Å². The van der Waals surface area contributed by atoms with Crippen LogP contribution in [0, 0.1) is 5.82 Å². The molecule has 1 aliphatic heterocycles. The fourth-order valence-corrected chi connectivity index (χ4v) is 3.17. The smallest absolute Gasteiger partial charge is 0.263 e. The molecule has 1 aliphatic rings. The molecule has 0 saturated carbocycles. The summed E-state index contributed by atoms with van der Waals surface area (Å²) >= 11 is 11.1. The topological polar surface area (TPSA) is 106 Å². The van der Waals surface area contributed by atoms with E-state index in [1.165, 1.54) is 42.5 Å². The summed E-state index contributed by atoms with van der Waals surface area (Å²) in [5, 5.41) is 7.27. The van der Waals surface area contributed by atoms with Crippen molar-refractivity contribution in [2.75, 3.05) is 18.5 Å². The third kappa shape index (κ3) is 5.80. The van der Waals surface area contributed by atoms with E-state index in [-0.39, 0.29) is 40.4 Å². The second-order valence-electron chi connectivity index (χ2n) is 6.40. The molecule has 3 N–H and O–H groups in total. The minimum Gasteiger partial charge on any atom is -0.490 e. The van der Waals surface area contributed by atoms with Gasteiger partial charge in [-0.15, -0.1) is 0 Å². The zero-order valence-corrected chi connectivity index (χ0v) is 18.2. The standard InChI is InChI=1S/C21H17ClFN3O5S/c1-2-30-16-9-11(7-14-19(28)25-21(32)26-20(14)29)8-15(22)18(16)31-10-17(27)24-13-5-3-12(23)4-6-13/h3-9H,2,10H2,1H3,(H,24,27)(H2,25,26,28,29,32). The van der Waals surface area contributed by atoms with Gasteiger partial charge in [0.25, 0.3) is 17.7 Å². The zero-order chi connectivity index (χ0) is 23.3. The molecule has 0 bridgehead atoms. The molecule has 3 rings (SSSR count). The van der Waals surface area contributed by atoms with Crippen molar-refractivity contribution in [3.63, 3.8) is 0 Å². The summed E-state index contributed by atoms with van der Waals surface area (Å²) in [4.78, 5) is 36.2. The van der Waals surface area contributed by atoms with Gasteiger partial charge in [0.15, 0.2) is 23.2 Å². The van der Waals surface area contributed by atoms with Crippen molar-refractivity contribution in [3.05, 3.63) is 58.4 Å². The summed E-state index contributed by atoms with van der Waals surface area (Å²) in [6, 6.07) is 8.24. The number of amides is 3. The van der Waals surface area contributed by atoms with Crippen LogP contribution in [0.1, 0.15) is 12.5 Å². The van der Waals surface area contributed by atoms with Crippen LogP contribution in [0.4, 0.5) is 10.1 Å². The number of hydrogen-bond donors (Lipinski definition) is 3. The normalized spacial score (nSPS) is 13.2. The molecule has 0 atom stereocenters. The quantitative estimate of drug-likeness (QED) is 0.322. The Morgan fingerprint density at radius 2 is 1.81 bits per heavy atom. The van der Waals surface area contributed by atoms with Gasteiger partial charge in [0.05, 0.1) is 11.6 Å². The Labute approximate surface area is 192 Å². The number of thiocarbonyl (C=S) groups is 1. The maximum Gasteiger partial charge on any atom is 0.263 e. The highest BCUT2D eigenvalue weighted by molar-refractivity contribution is 7.80. The molecule has 1 saturated heterocycles. The molecule has 1 heterocycles. The molecule has 0 spiro atoms. The molecule has 0 unspecified atom stereocenters. The minimum atomic E-state index is -0.648. The Bertz CT molecular complexity index is 1100. The first-order chi connectivity index (χ1) is 15.3. The van der Waals surface area contributed by atoms with Crippen molar-refractivity contribution < 1.29 is 28.2 Å². The molecule has 3 amide bonds. The molecule has 11 heteroatoms. The first kappa shape index (κ1) is 23.2. The Morgan fingerprint density at radius 3 is 2.44 bits per heavy atom. The van der Waals surface area contributed by atoms with E-state index >= 15 is 0 Å². The van der Waals surface area contributed by atoms with Crippen LogP contribution >= 0.6 is 23.8 Å². The van der Waals surface area contributed by atoms with Crippen molar-refractivity contribution in [1.82, 2.24) is 10.6 Å². The Morgan fingerprint density at radius 1 is 1.16 bits per heavy atom. The minimum absolute atomic E-state index is 0.0761. The van der Waals surface area contributed by atoms with Gasteiger partial charge in [-0.2, -0.15) is 0 Å². The Balaban J connectivity index is 1.78. The summed E-state index contributed by atoms with van der Waals surface area (Å²) < 4.78 is 24.1. The first-order valence-corrected chi connectivity index (χ1v) is 10.1. The van der Waals surface area contributed by atoms with Crippen molar-refractivity contribution >= 4 is 58.4 Å². The molecule has 2 aromatic carbocycles. The van der Waals surface area contributed by atoms with Crippen LogP contribution in [0.3, 0.4) is 0 Å².